The number of ether oxygens (including phenoxy) is 2. The van der Waals surface area contributed by atoms with Crippen LogP contribution in [0.25, 0.3) is 0 Å². The molecule has 0 radical (unpaired) electrons. The molecular weight excluding hydrogens is 248 g/mol. The van der Waals surface area contributed by atoms with Crippen molar-refractivity contribution in [2.75, 3.05) is 13.2 Å². The highest BCUT2D eigenvalue weighted by Crippen LogP contribution is 2.27. The Hall–Kier alpha value is -0.200. The second-order valence-corrected chi connectivity index (χ2v) is 5.59. The fraction of sp³-hybridized carbons (Fsp3) is 1.00. The van der Waals surface area contributed by atoms with Crippen LogP contribution in [0.3, 0.4) is 0 Å². The second kappa shape index (κ2) is 7.55. The van der Waals surface area contributed by atoms with E-state index in [-0.39, 0.29) is 6.61 Å². The summed E-state index contributed by atoms with van der Waals surface area (Å²) in [6.07, 6.45) is 1.39. The van der Waals surface area contributed by atoms with Gasteiger partial charge < -0.3 is 24.8 Å². The fourth-order valence-corrected chi connectivity index (χ4v) is 2.34. The Morgan fingerprint density at radius 3 is 2.53 bits per heavy atom. The van der Waals surface area contributed by atoms with Crippen molar-refractivity contribution in [2.24, 2.45) is 5.92 Å². The first-order chi connectivity index (χ1) is 8.92. The highest BCUT2D eigenvalue weighted by atomic mass is 16.7. The minimum absolute atomic E-state index is 0.0262. The van der Waals surface area contributed by atoms with Crippen molar-refractivity contribution in [2.45, 2.75) is 70.6 Å². The van der Waals surface area contributed by atoms with Gasteiger partial charge in [-0.25, -0.2) is 0 Å². The van der Waals surface area contributed by atoms with Crippen LogP contribution in [0.4, 0.5) is 0 Å². The van der Waals surface area contributed by atoms with Crippen LogP contribution in [0, 0.1) is 5.92 Å². The Morgan fingerprint density at radius 1 is 1.37 bits per heavy atom. The Bertz CT molecular complexity index is 256. The van der Waals surface area contributed by atoms with Crippen molar-refractivity contribution < 1.29 is 24.8 Å². The molecule has 0 bridgehead atoms. The number of aliphatic hydroxyl groups excluding tert-OH is 2. The van der Waals surface area contributed by atoms with Crippen molar-refractivity contribution in [3.63, 3.8) is 0 Å². The molecule has 0 saturated carbocycles. The van der Waals surface area contributed by atoms with E-state index in [0.29, 0.717) is 12.5 Å². The summed E-state index contributed by atoms with van der Waals surface area (Å²) in [5.74, 6) is -1.17. The molecule has 1 fully saturated rings. The van der Waals surface area contributed by atoms with Gasteiger partial charge in [-0.15, -0.1) is 0 Å². The van der Waals surface area contributed by atoms with Crippen LogP contribution in [0.2, 0.25) is 0 Å². The van der Waals surface area contributed by atoms with E-state index in [1.807, 2.05) is 0 Å². The highest BCUT2D eigenvalue weighted by Gasteiger charge is 2.47. The van der Waals surface area contributed by atoms with Crippen LogP contribution in [0.5, 0.6) is 0 Å². The minimum atomic E-state index is -1.57. The Morgan fingerprint density at radius 2 is 2.05 bits per heavy atom. The lowest BCUT2D eigenvalue weighted by molar-refractivity contribution is -0.264. The Balaban J connectivity index is 2.45. The van der Waals surface area contributed by atoms with Crippen LogP contribution in [-0.2, 0) is 9.47 Å². The summed E-state index contributed by atoms with van der Waals surface area (Å²) in [7, 11) is 0. The van der Waals surface area contributed by atoms with Crippen molar-refractivity contribution in [3.05, 3.63) is 0 Å². The number of hydrogen-bond acceptors (Lipinski definition) is 5. The molecule has 0 aliphatic carbocycles. The molecule has 1 aliphatic rings. The fourth-order valence-electron chi connectivity index (χ4n) is 2.34. The van der Waals surface area contributed by atoms with Crippen LogP contribution in [-0.4, -0.2) is 52.6 Å². The molecule has 0 amide bonds. The quantitative estimate of drug-likeness (QED) is 0.577. The molecule has 1 aliphatic heterocycles. The smallest absolute Gasteiger partial charge is 0.191 e. The molecule has 5 atom stereocenters. The van der Waals surface area contributed by atoms with Crippen LogP contribution in [0.15, 0.2) is 0 Å². The maximum absolute atomic E-state index is 10.3. The predicted octanol–water partition coefficient (Wildman–Crippen LogP) is 1.05. The van der Waals surface area contributed by atoms with Gasteiger partial charge in [0, 0.05) is 0 Å². The monoisotopic (exact) mass is 276 g/mol. The Kier molecular flexibility index (Phi) is 6.69. The molecule has 0 spiro atoms. The van der Waals surface area contributed by atoms with Gasteiger partial charge >= 0.3 is 0 Å². The molecule has 0 aromatic rings. The number of hydrogen-bond donors (Lipinski definition) is 3. The molecule has 3 N–H and O–H groups in total. The normalized spacial score (nSPS) is 32.2. The summed E-state index contributed by atoms with van der Waals surface area (Å²) >= 11 is 0. The van der Waals surface area contributed by atoms with E-state index < -0.39 is 24.1 Å². The lowest BCUT2D eigenvalue weighted by Gasteiger charge is -2.32. The maximum atomic E-state index is 10.3. The maximum Gasteiger partial charge on any atom is 0.191 e. The van der Waals surface area contributed by atoms with Gasteiger partial charge in [0.1, 0.15) is 18.3 Å². The van der Waals surface area contributed by atoms with Gasteiger partial charge in [0.25, 0.3) is 0 Å². The zero-order chi connectivity index (χ0) is 14.5. The van der Waals surface area contributed by atoms with Crippen LogP contribution in [0.1, 0.15) is 46.5 Å². The van der Waals surface area contributed by atoms with Crippen molar-refractivity contribution in [1.82, 2.24) is 0 Å². The second-order valence-electron chi connectivity index (χ2n) is 5.59. The zero-order valence-electron chi connectivity index (χ0n) is 12.2. The molecule has 0 aromatic heterocycles. The molecule has 5 unspecified atom stereocenters. The molecule has 114 valence electrons. The minimum Gasteiger partial charge on any atom is -0.388 e. The highest BCUT2D eigenvalue weighted by molar-refractivity contribution is 4.90. The third kappa shape index (κ3) is 4.68. The van der Waals surface area contributed by atoms with E-state index in [9.17, 15) is 15.3 Å². The number of rotatable bonds is 8. The third-order valence-corrected chi connectivity index (χ3v) is 3.83. The van der Waals surface area contributed by atoms with Gasteiger partial charge in [0.15, 0.2) is 5.79 Å². The van der Waals surface area contributed by atoms with Gasteiger partial charge in [-0.2, -0.15) is 0 Å². The van der Waals surface area contributed by atoms with Gasteiger partial charge in [0.05, 0.1) is 13.2 Å². The SMILES string of the molecule is CCCCC(CC)COC(C)(O)C1OCC(O)C1O. The standard InChI is InChI=1S/C14H28O5/c1-4-6-7-10(5-2)8-19-14(3,17)13-12(16)11(15)9-18-13/h10-13,15-17H,4-9H2,1-3H3. The van der Waals surface area contributed by atoms with Gasteiger partial charge in [-0.3, -0.25) is 0 Å². The molecule has 5 nitrogen and oxygen atoms in total. The van der Waals surface area contributed by atoms with Crippen molar-refractivity contribution in [1.29, 1.82) is 0 Å². The largest absolute Gasteiger partial charge is 0.388 e. The summed E-state index contributed by atoms with van der Waals surface area (Å²) in [6, 6.07) is 0. The van der Waals surface area contributed by atoms with Crippen molar-refractivity contribution in [3.8, 4) is 0 Å². The molecule has 1 heterocycles. The molecular formula is C14H28O5. The zero-order valence-corrected chi connectivity index (χ0v) is 12.2. The average molecular weight is 276 g/mol. The number of unbranched alkanes of at least 4 members (excludes halogenated alkanes) is 1. The lowest BCUT2D eigenvalue weighted by Crippen LogP contribution is -2.49. The molecule has 1 saturated heterocycles. The predicted molar refractivity (Wildman–Crippen MR) is 71.6 cm³/mol. The van der Waals surface area contributed by atoms with E-state index in [0.717, 1.165) is 25.7 Å². The number of aliphatic hydroxyl groups is 3. The summed E-state index contributed by atoms with van der Waals surface area (Å²) in [5.41, 5.74) is 0. The summed E-state index contributed by atoms with van der Waals surface area (Å²) in [6.45, 7) is 6.19. The summed E-state index contributed by atoms with van der Waals surface area (Å²) < 4.78 is 10.8. The molecule has 1 rings (SSSR count). The first-order valence-electron chi connectivity index (χ1n) is 7.26. The molecule has 0 aromatic carbocycles. The van der Waals surface area contributed by atoms with E-state index in [1.54, 1.807) is 0 Å². The first kappa shape index (κ1) is 16.9. The first-order valence-corrected chi connectivity index (χ1v) is 7.26. The van der Waals surface area contributed by atoms with E-state index in [2.05, 4.69) is 13.8 Å². The Labute approximate surface area is 115 Å². The van der Waals surface area contributed by atoms with E-state index in [1.165, 1.54) is 6.92 Å². The topological polar surface area (TPSA) is 79.2 Å². The van der Waals surface area contributed by atoms with E-state index in [4.69, 9.17) is 9.47 Å². The van der Waals surface area contributed by atoms with E-state index >= 15 is 0 Å². The summed E-state index contributed by atoms with van der Waals surface area (Å²) in [5, 5.41) is 29.4. The van der Waals surface area contributed by atoms with Gasteiger partial charge in [-0.05, 0) is 19.3 Å². The van der Waals surface area contributed by atoms with Crippen LogP contribution < -0.4 is 0 Å². The van der Waals surface area contributed by atoms with Crippen molar-refractivity contribution >= 4 is 0 Å². The molecule has 5 heteroatoms. The van der Waals surface area contributed by atoms with Crippen LogP contribution >= 0.6 is 0 Å². The third-order valence-electron chi connectivity index (χ3n) is 3.83. The van der Waals surface area contributed by atoms with Gasteiger partial charge in [-0.1, -0.05) is 33.1 Å². The lowest BCUT2D eigenvalue weighted by atomic mass is 9.99. The van der Waals surface area contributed by atoms with Gasteiger partial charge in [0.2, 0.25) is 0 Å². The average Bonchev–Trinajstić information content (AvgIpc) is 2.71. The summed E-state index contributed by atoms with van der Waals surface area (Å²) in [4.78, 5) is 0. The molecule has 19 heavy (non-hydrogen) atoms.